The van der Waals surface area contributed by atoms with Crippen LogP contribution in [-0.4, -0.2) is 23.6 Å². The summed E-state index contributed by atoms with van der Waals surface area (Å²) in [5.41, 5.74) is 1.00. The number of pyridine rings is 1. The van der Waals surface area contributed by atoms with Gasteiger partial charge in [-0.25, -0.2) is 9.98 Å². The first-order chi connectivity index (χ1) is 12.3. The Morgan fingerprint density at radius 3 is 2.85 bits per heavy atom. The zero-order chi connectivity index (χ0) is 17.3. The lowest BCUT2D eigenvalue weighted by atomic mass is 10.2. The lowest BCUT2D eigenvalue weighted by molar-refractivity contribution is 0.199. The zero-order valence-electron chi connectivity index (χ0n) is 15.1. The lowest BCUT2D eigenvalue weighted by Gasteiger charge is -2.15. The molecule has 0 saturated heterocycles. The van der Waals surface area contributed by atoms with E-state index >= 15 is 0 Å². The first-order valence-electron chi connectivity index (χ1n) is 9.00. The van der Waals surface area contributed by atoms with E-state index in [0.717, 1.165) is 36.7 Å². The lowest BCUT2D eigenvalue weighted by Crippen LogP contribution is -2.36. The summed E-state index contributed by atoms with van der Waals surface area (Å²) < 4.78 is 11.4. The molecule has 0 bridgehead atoms. The second-order valence-corrected chi connectivity index (χ2v) is 6.12. The number of rotatable bonds is 7. The van der Waals surface area contributed by atoms with E-state index in [2.05, 4.69) is 20.6 Å². The van der Waals surface area contributed by atoms with E-state index in [0.29, 0.717) is 25.1 Å². The van der Waals surface area contributed by atoms with Crippen molar-refractivity contribution < 1.29 is 9.15 Å². The number of aliphatic imine (C=N–C) groups is 1. The van der Waals surface area contributed by atoms with Crippen molar-refractivity contribution in [1.29, 1.82) is 0 Å². The number of ether oxygens (including phenoxy) is 1. The number of halogens is 1. The summed E-state index contributed by atoms with van der Waals surface area (Å²) in [6.45, 7) is 3.95. The van der Waals surface area contributed by atoms with E-state index in [1.54, 1.807) is 12.5 Å². The molecule has 7 heteroatoms. The highest BCUT2D eigenvalue weighted by molar-refractivity contribution is 14.0. The van der Waals surface area contributed by atoms with Gasteiger partial charge in [-0.05, 0) is 50.8 Å². The van der Waals surface area contributed by atoms with Gasteiger partial charge in [-0.15, -0.1) is 24.0 Å². The molecule has 26 heavy (non-hydrogen) atoms. The van der Waals surface area contributed by atoms with Crippen LogP contribution in [0.2, 0.25) is 0 Å². The molecule has 1 aliphatic carbocycles. The Balaban J connectivity index is 0.00000243. The minimum Gasteiger partial charge on any atom is -0.474 e. The van der Waals surface area contributed by atoms with Crippen LogP contribution in [0.3, 0.4) is 0 Å². The van der Waals surface area contributed by atoms with Crippen molar-refractivity contribution in [2.24, 2.45) is 4.99 Å². The molecule has 2 aromatic rings. The van der Waals surface area contributed by atoms with Gasteiger partial charge in [0.1, 0.15) is 11.9 Å². The molecule has 3 rings (SSSR count). The van der Waals surface area contributed by atoms with Crippen LogP contribution >= 0.6 is 24.0 Å². The van der Waals surface area contributed by atoms with E-state index in [1.165, 1.54) is 12.8 Å². The van der Waals surface area contributed by atoms with Crippen LogP contribution in [-0.2, 0) is 13.1 Å². The van der Waals surface area contributed by atoms with Gasteiger partial charge in [0.2, 0.25) is 5.88 Å². The van der Waals surface area contributed by atoms with Gasteiger partial charge < -0.3 is 19.8 Å². The third kappa shape index (κ3) is 6.19. The summed E-state index contributed by atoms with van der Waals surface area (Å²) in [6.07, 6.45) is 8.46. The number of guanidine groups is 1. The van der Waals surface area contributed by atoms with E-state index in [1.807, 2.05) is 31.2 Å². The third-order valence-corrected chi connectivity index (χ3v) is 4.19. The van der Waals surface area contributed by atoms with Gasteiger partial charge in [0, 0.05) is 18.3 Å². The fraction of sp³-hybridized carbons (Fsp3) is 0.474. The Morgan fingerprint density at radius 1 is 1.27 bits per heavy atom. The molecule has 0 aliphatic heterocycles. The number of nitrogens with zero attached hydrogens (tertiary/aromatic N) is 2. The fourth-order valence-corrected chi connectivity index (χ4v) is 2.90. The average molecular weight is 470 g/mol. The van der Waals surface area contributed by atoms with Crippen molar-refractivity contribution in [3.8, 4) is 5.88 Å². The van der Waals surface area contributed by atoms with Gasteiger partial charge in [-0.2, -0.15) is 0 Å². The highest BCUT2D eigenvalue weighted by atomic mass is 127. The van der Waals surface area contributed by atoms with Crippen LogP contribution in [0, 0.1) is 0 Å². The smallest absolute Gasteiger partial charge is 0.218 e. The summed E-state index contributed by atoms with van der Waals surface area (Å²) in [7, 11) is 0. The first-order valence-corrected chi connectivity index (χ1v) is 9.00. The van der Waals surface area contributed by atoms with Crippen molar-refractivity contribution in [3.05, 3.63) is 48.0 Å². The van der Waals surface area contributed by atoms with Crippen LogP contribution in [0.1, 0.15) is 43.9 Å². The normalized spacial score (nSPS) is 14.7. The quantitative estimate of drug-likeness (QED) is 0.365. The van der Waals surface area contributed by atoms with Crippen molar-refractivity contribution in [1.82, 2.24) is 15.6 Å². The second kappa shape index (κ2) is 11.1. The molecule has 0 unspecified atom stereocenters. The maximum absolute atomic E-state index is 6.08. The Bertz CT molecular complexity index is 670. The average Bonchev–Trinajstić information content (AvgIpc) is 3.32. The van der Waals surface area contributed by atoms with Gasteiger partial charge in [-0.3, -0.25) is 0 Å². The van der Waals surface area contributed by atoms with E-state index in [-0.39, 0.29) is 24.0 Å². The number of hydrogen-bond donors (Lipinski definition) is 2. The van der Waals surface area contributed by atoms with Crippen molar-refractivity contribution in [2.45, 2.75) is 51.8 Å². The van der Waals surface area contributed by atoms with Gasteiger partial charge in [0.25, 0.3) is 0 Å². The molecule has 6 nitrogen and oxygen atoms in total. The second-order valence-electron chi connectivity index (χ2n) is 6.12. The van der Waals surface area contributed by atoms with Gasteiger partial charge in [0.05, 0.1) is 19.4 Å². The molecule has 0 radical (unpaired) electrons. The molecule has 0 amide bonds. The SMILES string of the molecule is CCNC(=NCc1cccnc1OC1CCCC1)NCc1ccco1.I. The molecule has 1 saturated carbocycles. The van der Waals surface area contributed by atoms with Gasteiger partial charge in [0.15, 0.2) is 5.96 Å². The van der Waals surface area contributed by atoms with Crippen LogP contribution in [0.4, 0.5) is 0 Å². The van der Waals surface area contributed by atoms with Crippen molar-refractivity contribution >= 4 is 29.9 Å². The number of hydrogen-bond acceptors (Lipinski definition) is 4. The molecule has 0 aromatic carbocycles. The minimum atomic E-state index is 0. The number of aromatic nitrogens is 1. The Kier molecular flexibility index (Phi) is 8.73. The molecular weight excluding hydrogens is 443 g/mol. The minimum absolute atomic E-state index is 0. The van der Waals surface area contributed by atoms with Gasteiger partial charge >= 0.3 is 0 Å². The van der Waals surface area contributed by atoms with Crippen LogP contribution in [0.5, 0.6) is 5.88 Å². The third-order valence-electron chi connectivity index (χ3n) is 4.19. The standard InChI is InChI=1S/C19H26N4O2.HI/c1-2-20-19(23-14-17-10-6-12-24-17)22-13-15-7-5-11-21-18(15)25-16-8-3-4-9-16;/h5-7,10-12,16H,2-4,8-9,13-14H2,1H3,(H2,20,22,23);1H. The topological polar surface area (TPSA) is 71.7 Å². The van der Waals surface area contributed by atoms with E-state index < -0.39 is 0 Å². The number of furan rings is 1. The molecule has 0 spiro atoms. The van der Waals surface area contributed by atoms with Gasteiger partial charge in [-0.1, -0.05) is 6.07 Å². The summed E-state index contributed by atoms with van der Waals surface area (Å²) in [6, 6.07) is 7.76. The monoisotopic (exact) mass is 470 g/mol. The molecule has 2 heterocycles. The van der Waals surface area contributed by atoms with Crippen LogP contribution in [0.15, 0.2) is 46.1 Å². The Labute approximate surface area is 171 Å². The Morgan fingerprint density at radius 2 is 2.12 bits per heavy atom. The molecule has 0 atom stereocenters. The maximum Gasteiger partial charge on any atom is 0.218 e. The molecule has 2 N–H and O–H groups in total. The largest absolute Gasteiger partial charge is 0.474 e. The van der Waals surface area contributed by atoms with Crippen molar-refractivity contribution in [2.75, 3.05) is 6.54 Å². The predicted octanol–water partition coefficient (Wildman–Crippen LogP) is 3.87. The predicted molar refractivity (Wildman–Crippen MR) is 113 cm³/mol. The summed E-state index contributed by atoms with van der Waals surface area (Å²) in [4.78, 5) is 9.06. The van der Waals surface area contributed by atoms with E-state index in [9.17, 15) is 0 Å². The van der Waals surface area contributed by atoms with Crippen molar-refractivity contribution in [3.63, 3.8) is 0 Å². The molecule has 1 fully saturated rings. The highest BCUT2D eigenvalue weighted by Crippen LogP contribution is 2.25. The summed E-state index contributed by atoms with van der Waals surface area (Å²) >= 11 is 0. The first kappa shape index (κ1) is 20.5. The molecule has 1 aliphatic rings. The zero-order valence-corrected chi connectivity index (χ0v) is 17.4. The highest BCUT2D eigenvalue weighted by Gasteiger charge is 2.18. The van der Waals surface area contributed by atoms with Crippen LogP contribution < -0.4 is 15.4 Å². The molecular formula is C19H27IN4O2. The molecule has 2 aromatic heterocycles. The Hall–Kier alpha value is -1.77. The number of nitrogens with one attached hydrogen (secondary N) is 2. The summed E-state index contributed by atoms with van der Waals surface area (Å²) in [5.74, 6) is 2.33. The molecule has 142 valence electrons. The van der Waals surface area contributed by atoms with E-state index in [4.69, 9.17) is 9.15 Å². The maximum atomic E-state index is 6.08. The summed E-state index contributed by atoms with van der Waals surface area (Å²) in [5, 5.41) is 6.51. The van der Waals surface area contributed by atoms with Crippen LogP contribution in [0.25, 0.3) is 0 Å². The fourth-order valence-electron chi connectivity index (χ4n) is 2.90.